The topological polar surface area (TPSA) is 56.4 Å². The summed E-state index contributed by atoms with van der Waals surface area (Å²) in [4.78, 5) is 8.39. The maximum atomic E-state index is 5.49. The molecule has 0 aliphatic heterocycles. The van der Waals surface area contributed by atoms with E-state index in [1.54, 1.807) is 32.7 Å². The van der Waals surface area contributed by atoms with Gasteiger partial charge in [-0.25, -0.2) is 4.98 Å². The van der Waals surface area contributed by atoms with Gasteiger partial charge in [-0.1, -0.05) is 30.3 Å². The minimum absolute atomic E-state index is 0.557. The predicted octanol–water partition coefficient (Wildman–Crippen LogP) is 5.50. The minimum Gasteiger partial charge on any atom is -0.493 e. The molecular weight excluding hydrogens is 372 g/mol. The molecule has 1 N–H and O–H groups in total. The van der Waals surface area contributed by atoms with Crippen LogP contribution in [-0.4, -0.2) is 31.3 Å². The van der Waals surface area contributed by atoms with E-state index in [1.165, 1.54) is 0 Å². The molecule has 2 heterocycles. The van der Waals surface area contributed by atoms with Crippen LogP contribution in [0.5, 0.6) is 17.2 Å². The molecule has 4 aromatic rings. The highest BCUT2D eigenvalue weighted by Gasteiger charge is 2.19. The van der Waals surface area contributed by atoms with Crippen LogP contribution in [0.4, 0.5) is 0 Å². The first-order chi connectivity index (χ1) is 13.7. The Labute approximate surface area is 167 Å². The molecule has 0 spiro atoms. The monoisotopic (exact) mass is 392 g/mol. The molecule has 28 heavy (non-hydrogen) atoms. The van der Waals surface area contributed by atoms with E-state index < -0.39 is 0 Å². The summed E-state index contributed by atoms with van der Waals surface area (Å²) in [6.45, 7) is 0. The predicted molar refractivity (Wildman–Crippen MR) is 112 cm³/mol. The Kier molecular flexibility index (Phi) is 5.04. The lowest BCUT2D eigenvalue weighted by atomic mass is 10.1. The summed E-state index contributed by atoms with van der Waals surface area (Å²) in [6.07, 6.45) is 0. The molecule has 0 aliphatic carbocycles. The molecule has 0 fully saturated rings. The number of benzene rings is 2. The second-order valence-electron chi connectivity index (χ2n) is 6.10. The fraction of sp³-hybridized carbons (Fsp3) is 0.136. The number of aromatic amines is 1. The number of ether oxygens (including phenoxy) is 3. The van der Waals surface area contributed by atoms with Crippen molar-refractivity contribution in [1.82, 2.24) is 9.97 Å². The number of rotatable bonds is 6. The van der Waals surface area contributed by atoms with Crippen molar-refractivity contribution in [2.75, 3.05) is 21.3 Å². The first kappa shape index (κ1) is 18.1. The quantitative estimate of drug-likeness (QED) is 0.471. The Hall–Kier alpha value is -3.25. The molecule has 2 aromatic heterocycles. The number of thiophene rings is 1. The van der Waals surface area contributed by atoms with Crippen LogP contribution in [-0.2, 0) is 0 Å². The maximum Gasteiger partial charge on any atom is 0.203 e. The third-order valence-electron chi connectivity index (χ3n) is 4.50. The molecule has 0 amide bonds. The van der Waals surface area contributed by atoms with Crippen molar-refractivity contribution >= 4 is 11.3 Å². The first-order valence-electron chi connectivity index (χ1n) is 8.73. The number of imidazole rings is 1. The maximum absolute atomic E-state index is 5.49. The van der Waals surface area contributed by atoms with Crippen molar-refractivity contribution in [2.45, 2.75) is 0 Å². The number of nitrogens with zero attached hydrogens (tertiary/aromatic N) is 1. The van der Waals surface area contributed by atoms with Crippen LogP contribution >= 0.6 is 11.3 Å². The molecule has 0 radical (unpaired) electrons. The van der Waals surface area contributed by atoms with Crippen LogP contribution in [0, 0.1) is 0 Å². The van der Waals surface area contributed by atoms with Crippen LogP contribution in [0.25, 0.3) is 33.9 Å². The molecule has 0 atom stereocenters. The van der Waals surface area contributed by atoms with Crippen LogP contribution in [0.3, 0.4) is 0 Å². The third-order valence-corrected chi connectivity index (χ3v) is 5.18. The van der Waals surface area contributed by atoms with Crippen molar-refractivity contribution in [3.63, 3.8) is 0 Å². The fourth-order valence-electron chi connectivity index (χ4n) is 3.15. The second kappa shape index (κ2) is 7.78. The molecule has 4 rings (SSSR count). The Bertz CT molecular complexity index is 1050. The zero-order valence-corrected chi connectivity index (χ0v) is 16.7. The summed E-state index contributed by atoms with van der Waals surface area (Å²) in [6, 6.07) is 16.1. The van der Waals surface area contributed by atoms with Gasteiger partial charge in [0.1, 0.15) is 5.82 Å². The summed E-state index contributed by atoms with van der Waals surface area (Å²) in [5, 5.41) is 4.15. The number of methoxy groups -OCH3 is 3. The number of hydrogen-bond donors (Lipinski definition) is 1. The number of aromatic nitrogens is 2. The molecule has 0 bridgehead atoms. The summed E-state index contributed by atoms with van der Waals surface area (Å²) in [5.41, 5.74) is 4.90. The smallest absolute Gasteiger partial charge is 0.203 e. The van der Waals surface area contributed by atoms with Gasteiger partial charge in [-0.3, -0.25) is 0 Å². The van der Waals surface area contributed by atoms with E-state index in [2.05, 4.69) is 33.9 Å². The van der Waals surface area contributed by atoms with Crippen molar-refractivity contribution in [3.05, 3.63) is 59.3 Å². The molecule has 0 aliphatic rings. The van der Waals surface area contributed by atoms with E-state index in [1.807, 2.05) is 30.3 Å². The van der Waals surface area contributed by atoms with Gasteiger partial charge in [-0.05, 0) is 23.6 Å². The molecule has 0 saturated carbocycles. The highest BCUT2D eigenvalue weighted by atomic mass is 32.1. The zero-order chi connectivity index (χ0) is 19.5. The third kappa shape index (κ3) is 3.23. The molecule has 0 saturated heterocycles. The number of nitrogens with one attached hydrogen (secondary N) is 1. The van der Waals surface area contributed by atoms with Gasteiger partial charge < -0.3 is 19.2 Å². The molecule has 0 unspecified atom stereocenters. The van der Waals surface area contributed by atoms with Crippen molar-refractivity contribution in [1.29, 1.82) is 0 Å². The van der Waals surface area contributed by atoms with Gasteiger partial charge in [0.05, 0.1) is 32.7 Å². The summed E-state index contributed by atoms with van der Waals surface area (Å²) in [5.74, 6) is 2.47. The van der Waals surface area contributed by atoms with Crippen molar-refractivity contribution in [3.8, 4) is 51.2 Å². The number of H-pyrrole nitrogens is 1. The Morgan fingerprint density at radius 3 is 2.11 bits per heavy atom. The van der Waals surface area contributed by atoms with E-state index in [9.17, 15) is 0 Å². The second-order valence-corrected chi connectivity index (χ2v) is 6.88. The summed E-state index contributed by atoms with van der Waals surface area (Å²) < 4.78 is 16.4. The van der Waals surface area contributed by atoms with Crippen LogP contribution in [0.15, 0.2) is 59.3 Å². The molecule has 142 valence electrons. The standard InChI is InChI=1S/C22H20N2O3S/c1-25-17-11-16(12-18(26-2)21(17)27-3)22-23-19(14-7-5-4-6-8-14)20(24-22)15-9-10-28-13-15/h4-13H,1-3H3,(H,23,24). The van der Waals surface area contributed by atoms with Gasteiger partial charge in [-0.2, -0.15) is 11.3 Å². The SMILES string of the molecule is COc1cc(-c2nc(-c3ccsc3)c(-c3ccccc3)[nH]2)cc(OC)c1OC. The van der Waals surface area contributed by atoms with Crippen LogP contribution in [0.2, 0.25) is 0 Å². The highest BCUT2D eigenvalue weighted by molar-refractivity contribution is 7.08. The Morgan fingerprint density at radius 1 is 0.821 bits per heavy atom. The van der Waals surface area contributed by atoms with Crippen molar-refractivity contribution < 1.29 is 14.2 Å². The largest absolute Gasteiger partial charge is 0.493 e. The zero-order valence-electron chi connectivity index (χ0n) is 15.9. The summed E-state index contributed by atoms with van der Waals surface area (Å²) >= 11 is 1.65. The molecule has 5 nitrogen and oxygen atoms in total. The van der Waals surface area contributed by atoms with E-state index >= 15 is 0 Å². The minimum atomic E-state index is 0.557. The van der Waals surface area contributed by atoms with Crippen LogP contribution < -0.4 is 14.2 Å². The average molecular weight is 392 g/mol. The van der Waals surface area contributed by atoms with Gasteiger partial charge in [0, 0.05) is 22.1 Å². The molecular formula is C22H20N2O3S. The fourth-order valence-corrected chi connectivity index (χ4v) is 3.79. The van der Waals surface area contributed by atoms with E-state index in [4.69, 9.17) is 19.2 Å². The van der Waals surface area contributed by atoms with Gasteiger partial charge in [0.2, 0.25) is 5.75 Å². The normalized spacial score (nSPS) is 10.7. The first-order valence-corrected chi connectivity index (χ1v) is 9.67. The lowest BCUT2D eigenvalue weighted by Crippen LogP contribution is -1.96. The lowest BCUT2D eigenvalue weighted by molar-refractivity contribution is 0.324. The van der Waals surface area contributed by atoms with E-state index in [-0.39, 0.29) is 0 Å². The van der Waals surface area contributed by atoms with Crippen LogP contribution in [0.1, 0.15) is 0 Å². The Balaban J connectivity index is 1.90. The van der Waals surface area contributed by atoms with Gasteiger partial charge in [-0.15, -0.1) is 0 Å². The molecule has 2 aromatic carbocycles. The van der Waals surface area contributed by atoms with Crippen molar-refractivity contribution in [2.24, 2.45) is 0 Å². The number of hydrogen-bond acceptors (Lipinski definition) is 5. The average Bonchev–Trinajstić information content (AvgIpc) is 3.43. The van der Waals surface area contributed by atoms with Gasteiger partial charge in [0.25, 0.3) is 0 Å². The highest BCUT2D eigenvalue weighted by Crippen LogP contribution is 2.42. The molecule has 6 heteroatoms. The summed E-state index contributed by atoms with van der Waals surface area (Å²) in [7, 11) is 4.81. The lowest BCUT2D eigenvalue weighted by Gasteiger charge is -2.13. The Morgan fingerprint density at radius 2 is 1.54 bits per heavy atom. The van der Waals surface area contributed by atoms with E-state index in [0.717, 1.165) is 33.9 Å². The van der Waals surface area contributed by atoms with Gasteiger partial charge >= 0.3 is 0 Å². The van der Waals surface area contributed by atoms with E-state index in [0.29, 0.717) is 17.2 Å². The van der Waals surface area contributed by atoms with Gasteiger partial charge in [0.15, 0.2) is 11.5 Å².